The molecule has 0 atom stereocenters. The van der Waals surface area contributed by atoms with Gasteiger partial charge < -0.3 is 20.3 Å². The van der Waals surface area contributed by atoms with Crippen molar-refractivity contribution in [3.05, 3.63) is 72.3 Å². The highest BCUT2D eigenvalue weighted by molar-refractivity contribution is 6.08. The highest BCUT2D eigenvalue weighted by atomic mass is 16.5. The van der Waals surface area contributed by atoms with Crippen LogP contribution >= 0.6 is 0 Å². The summed E-state index contributed by atoms with van der Waals surface area (Å²) in [5, 5.41) is 2.20. The topological polar surface area (TPSA) is 54.6 Å². The number of methoxy groups -OCH3 is 1. The van der Waals surface area contributed by atoms with Gasteiger partial charge >= 0.3 is 0 Å². The fourth-order valence-electron chi connectivity index (χ4n) is 4.12. The molecule has 5 heteroatoms. The van der Waals surface area contributed by atoms with E-state index in [2.05, 4.69) is 66.4 Å². The van der Waals surface area contributed by atoms with Crippen LogP contribution in [0.15, 0.2) is 66.7 Å². The van der Waals surface area contributed by atoms with Gasteiger partial charge in [0.15, 0.2) is 0 Å². The Morgan fingerprint density at radius 1 is 0.871 bits per heavy atom. The van der Waals surface area contributed by atoms with Gasteiger partial charge in [-0.05, 0) is 62.0 Å². The Balaban J connectivity index is 1.57. The summed E-state index contributed by atoms with van der Waals surface area (Å²) in [6, 6.07) is 22.6. The minimum atomic E-state index is 0.726. The average molecular weight is 415 g/mol. The molecule has 0 bridgehead atoms. The molecular weight excluding hydrogens is 384 g/mol. The summed E-state index contributed by atoms with van der Waals surface area (Å²) in [6.07, 6.45) is 1.06. The minimum absolute atomic E-state index is 0.726. The standard InChI is InChI=1S/C26H30N4O/c1-29(18-19-8-5-4-6-9-19)14-7-15-30(2)26-22-12-10-20(27)16-25(22)28-24-13-11-21(31-3)17-23(24)26/h4-6,8-13,16-17H,7,14-15,18,27H2,1-3H3. The van der Waals surface area contributed by atoms with E-state index in [0.29, 0.717) is 0 Å². The minimum Gasteiger partial charge on any atom is -0.497 e. The lowest BCUT2D eigenvalue weighted by Crippen LogP contribution is -2.25. The maximum atomic E-state index is 6.04. The van der Waals surface area contributed by atoms with Crippen LogP contribution in [0.2, 0.25) is 0 Å². The van der Waals surface area contributed by atoms with E-state index < -0.39 is 0 Å². The number of aromatic nitrogens is 1. The van der Waals surface area contributed by atoms with Gasteiger partial charge in [0.05, 0.1) is 23.8 Å². The lowest BCUT2D eigenvalue weighted by Gasteiger charge is -2.25. The van der Waals surface area contributed by atoms with Crippen LogP contribution in [-0.4, -0.2) is 44.2 Å². The number of nitrogens with two attached hydrogens (primary N) is 1. The molecule has 31 heavy (non-hydrogen) atoms. The first-order valence-corrected chi connectivity index (χ1v) is 10.7. The molecule has 5 nitrogen and oxygen atoms in total. The first-order chi connectivity index (χ1) is 15.0. The molecule has 3 aromatic carbocycles. The molecule has 1 aromatic heterocycles. The summed E-state index contributed by atoms with van der Waals surface area (Å²) in [5.74, 6) is 0.835. The third-order valence-corrected chi connectivity index (χ3v) is 5.69. The summed E-state index contributed by atoms with van der Waals surface area (Å²) >= 11 is 0. The molecule has 0 radical (unpaired) electrons. The zero-order valence-electron chi connectivity index (χ0n) is 18.5. The van der Waals surface area contributed by atoms with Gasteiger partial charge in [0.2, 0.25) is 0 Å². The lowest BCUT2D eigenvalue weighted by molar-refractivity contribution is 0.323. The first-order valence-electron chi connectivity index (χ1n) is 10.7. The SMILES string of the molecule is COc1ccc2nc3cc(N)ccc3c(N(C)CCCN(C)Cc3ccccc3)c2c1. The molecule has 0 aliphatic carbocycles. The third kappa shape index (κ3) is 4.72. The molecule has 0 spiro atoms. The molecule has 0 fully saturated rings. The predicted molar refractivity (Wildman–Crippen MR) is 131 cm³/mol. The van der Waals surface area contributed by atoms with E-state index in [4.69, 9.17) is 15.5 Å². The molecule has 0 saturated heterocycles. The number of fused-ring (bicyclic) bond motifs is 2. The van der Waals surface area contributed by atoms with Gasteiger partial charge in [0, 0.05) is 36.6 Å². The molecule has 4 rings (SSSR count). The van der Waals surface area contributed by atoms with Crippen LogP contribution < -0.4 is 15.4 Å². The van der Waals surface area contributed by atoms with Gasteiger partial charge in [-0.2, -0.15) is 0 Å². The molecule has 0 aliphatic rings. The van der Waals surface area contributed by atoms with Crippen molar-refractivity contribution in [1.29, 1.82) is 0 Å². The van der Waals surface area contributed by atoms with E-state index in [1.807, 2.05) is 24.3 Å². The molecule has 0 saturated carbocycles. The molecule has 0 amide bonds. The molecule has 0 aliphatic heterocycles. The average Bonchev–Trinajstić information content (AvgIpc) is 2.77. The van der Waals surface area contributed by atoms with Crippen molar-refractivity contribution >= 4 is 33.2 Å². The fourth-order valence-corrected chi connectivity index (χ4v) is 4.12. The van der Waals surface area contributed by atoms with Gasteiger partial charge in [0.25, 0.3) is 0 Å². The summed E-state index contributed by atoms with van der Waals surface area (Å²) in [7, 11) is 6.03. The molecule has 0 unspecified atom stereocenters. The van der Waals surface area contributed by atoms with Crippen LogP contribution in [0.3, 0.4) is 0 Å². The van der Waals surface area contributed by atoms with Crippen LogP contribution in [0.1, 0.15) is 12.0 Å². The molecule has 2 N–H and O–H groups in total. The van der Waals surface area contributed by atoms with Crippen molar-refractivity contribution in [2.45, 2.75) is 13.0 Å². The second-order valence-corrected chi connectivity index (χ2v) is 8.12. The highest BCUT2D eigenvalue weighted by Gasteiger charge is 2.14. The number of rotatable bonds is 8. The Morgan fingerprint density at radius 3 is 2.45 bits per heavy atom. The normalized spacial score (nSPS) is 11.4. The predicted octanol–water partition coefficient (Wildman–Crippen LogP) is 4.94. The summed E-state index contributed by atoms with van der Waals surface area (Å²) < 4.78 is 5.48. The fraction of sp³-hybridized carbons (Fsp3) is 0.269. The van der Waals surface area contributed by atoms with Gasteiger partial charge in [-0.15, -0.1) is 0 Å². The Bertz CT molecular complexity index is 1180. The molecule has 160 valence electrons. The number of nitrogen functional groups attached to an aromatic ring is 1. The van der Waals surface area contributed by atoms with Gasteiger partial charge in [-0.1, -0.05) is 30.3 Å². The van der Waals surface area contributed by atoms with E-state index in [9.17, 15) is 0 Å². The van der Waals surface area contributed by atoms with Crippen LogP contribution in [0.4, 0.5) is 11.4 Å². The molecular formula is C26H30N4O. The van der Waals surface area contributed by atoms with Crippen LogP contribution in [-0.2, 0) is 6.54 Å². The monoisotopic (exact) mass is 414 g/mol. The Labute approximate surface area is 184 Å². The van der Waals surface area contributed by atoms with E-state index >= 15 is 0 Å². The number of ether oxygens (including phenoxy) is 1. The summed E-state index contributed by atoms with van der Waals surface area (Å²) in [5.41, 5.74) is 11.1. The second kappa shape index (κ2) is 9.23. The first kappa shape index (κ1) is 20.9. The van der Waals surface area contributed by atoms with Crippen molar-refractivity contribution in [1.82, 2.24) is 9.88 Å². The van der Waals surface area contributed by atoms with Crippen LogP contribution in [0.5, 0.6) is 5.75 Å². The Morgan fingerprint density at radius 2 is 1.68 bits per heavy atom. The van der Waals surface area contributed by atoms with Crippen molar-refractivity contribution < 1.29 is 4.74 Å². The van der Waals surface area contributed by atoms with Crippen LogP contribution in [0.25, 0.3) is 21.8 Å². The summed E-state index contributed by atoms with van der Waals surface area (Å²) in [6.45, 7) is 2.92. The van der Waals surface area contributed by atoms with Gasteiger partial charge in [-0.3, -0.25) is 0 Å². The maximum Gasteiger partial charge on any atom is 0.119 e. The largest absolute Gasteiger partial charge is 0.497 e. The van der Waals surface area contributed by atoms with E-state index in [0.717, 1.165) is 59.3 Å². The number of hydrogen-bond acceptors (Lipinski definition) is 5. The zero-order chi connectivity index (χ0) is 21.8. The maximum absolute atomic E-state index is 6.04. The van der Waals surface area contributed by atoms with E-state index in [1.54, 1.807) is 7.11 Å². The number of pyridine rings is 1. The number of nitrogens with zero attached hydrogens (tertiary/aromatic N) is 3. The van der Waals surface area contributed by atoms with Gasteiger partial charge in [0.1, 0.15) is 5.75 Å². The Kier molecular flexibility index (Phi) is 6.23. The lowest BCUT2D eigenvalue weighted by atomic mass is 10.1. The number of benzene rings is 3. The Hall–Kier alpha value is -3.31. The van der Waals surface area contributed by atoms with E-state index in [-0.39, 0.29) is 0 Å². The van der Waals surface area contributed by atoms with E-state index in [1.165, 1.54) is 11.3 Å². The van der Waals surface area contributed by atoms with Gasteiger partial charge in [-0.25, -0.2) is 4.98 Å². The van der Waals surface area contributed by atoms with Crippen molar-refractivity contribution in [3.63, 3.8) is 0 Å². The van der Waals surface area contributed by atoms with Crippen LogP contribution in [0, 0.1) is 0 Å². The number of hydrogen-bond donors (Lipinski definition) is 1. The molecule has 1 heterocycles. The zero-order valence-corrected chi connectivity index (χ0v) is 18.5. The number of anilines is 2. The summed E-state index contributed by atoms with van der Waals surface area (Å²) in [4.78, 5) is 9.54. The van der Waals surface area contributed by atoms with Crippen molar-refractivity contribution in [2.24, 2.45) is 0 Å². The second-order valence-electron chi connectivity index (χ2n) is 8.12. The van der Waals surface area contributed by atoms with Crippen molar-refractivity contribution in [2.75, 3.05) is 44.9 Å². The molecule has 4 aromatic rings. The third-order valence-electron chi connectivity index (χ3n) is 5.69. The quantitative estimate of drug-likeness (QED) is 0.327. The smallest absolute Gasteiger partial charge is 0.119 e. The highest BCUT2D eigenvalue weighted by Crippen LogP contribution is 2.36. The van der Waals surface area contributed by atoms with Crippen molar-refractivity contribution in [3.8, 4) is 5.75 Å².